The smallest absolute Gasteiger partial charge is 0.237 e. The molecule has 3 rings (SSSR count). The van der Waals surface area contributed by atoms with E-state index in [0.29, 0.717) is 19.5 Å². The van der Waals surface area contributed by atoms with E-state index in [0.717, 1.165) is 12.1 Å². The summed E-state index contributed by atoms with van der Waals surface area (Å²) < 4.78 is 0. The number of likely N-dealkylation sites (tertiary alicyclic amines) is 1. The molecule has 4 nitrogen and oxygen atoms in total. The molecule has 1 aromatic carbocycles. The Kier molecular flexibility index (Phi) is 6.52. The lowest BCUT2D eigenvalue weighted by Gasteiger charge is -2.19. The van der Waals surface area contributed by atoms with Crippen LogP contribution >= 0.6 is 11.6 Å². The van der Waals surface area contributed by atoms with Gasteiger partial charge in [0, 0.05) is 25.0 Å². The van der Waals surface area contributed by atoms with Crippen LogP contribution in [0.15, 0.2) is 24.3 Å². The molecular formula is C19H28ClN3O. The van der Waals surface area contributed by atoms with E-state index in [9.17, 15) is 4.79 Å². The highest BCUT2D eigenvalue weighted by atomic mass is 35.5. The summed E-state index contributed by atoms with van der Waals surface area (Å²) in [6.45, 7) is 4.76. The lowest BCUT2D eigenvalue weighted by molar-refractivity contribution is -0.122. The lowest BCUT2D eigenvalue weighted by atomic mass is 10.1. The van der Waals surface area contributed by atoms with Crippen molar-refractivity contribution < 1.29 is 4.79 Å². The van der Waals surface area contributed by atoms with Crippen LogP contribution in [0.4, 0.5) is 0 Å². The molecule has 2 fully saturated rings. The molecule has 2 aliphatic rings. The number of halogens is 1. The maximum atomic E-state index is 12.1. The first kappa shape index (κ1) is 17.7. The number of nitrogens with one attached hydrogen (secondary N) is 2. The second-order valence-electron chi connectivity index (χ2n) is 7.02. The van der Waals surface area contributed by atoms with Gasteiger partial charge in [0.2, 0.25) is 5.91 Å². The molecule has 2 saturated heterocycles. The van der Waals surface area contributed by atoms with Crippen LogP contribution in [0.3, 0.4) is 0 Å². The third kappa shape index (κ3) is 5.20. The zero-order valence-corrected chi connectivity index (χ0v) is 15.0. The van der Waals surface area contributed by atoms with Gasteiger partial charge in [0.25, 0.3) is 0 Å². The summed E-state index contributed by atoms with van der Waals surface area (Å²) in [5, 5.41) is 6.22. The molecule has 0 bridgehead atoms. The van der Waals surface area contributed by atoms with Gasteiger partial charge in [-0.25, -0.2) is 0 Å². The maximum Gasteiger partial charge on any atom is 0.237 e. The fourth-order valence-corrected chi connectivity index (χ4v) is 3.79. The normalized spacial score (nSPS) is 25.4. The van der Waals surface area contributed by atoms with Gasteiger partial charge in [-0.05, 0) is 43.5 Å². The minimum atomic E-state index is -0.144. The molecule has 0 aromatic heterocycles. The monoisotopic (exact) mass is 349 g/mol. The number of rotatable bonds is 5. The summed E-state index contributed by atoms with van der Waals surface area (Å²) in [5.41, 5.74) is 2.50. The molecule has 0 aliphatic carbocycles. The van der Waals surface area contributed by atoms with Crippen molar-refractivity contribution in [2.24, 2.45) is 0 Å². The molecule has 132 valence electrons. The van der Waals surface area contributed by atoms with Crippen LogP contribution in [0.1, 0.15) is 43.2 Å². The molecule has 24 heavy (non-hydrogen) atoms. The molecule has 5 heteroatoms. The van der Waals surface area contributed by atoms with E-state index < -0.39 is 0 Å². The average molecular weight is 350 g/mol. The van der Waals surface area contributed by atoms with Gasteiger partial charge in [0.1, 0.15) is 0 Å². The van der Waals surface area contributed by atoms with E-state index in [2.05, 4.69) is 39.8 Å². The molecule has 0 radical (unpaired) electrons. The number of amides is 1. The highest BCUT2D eigenvalue weighted by molar-refractivity contribution is 6.21. The Labute approximate surface area is 149 Å². The number of alkyl halides is 1. The van der Waals surface area contributed by atoms with Gasteiger partial charge in [-0.2, -0.15) is 0 Å². The zero-order chi connectivity index (χ0) is 16.8. The minimum absolute atomic E-state index is 0.0480. The Morgan fingerprint density at radius 3 is 2.42 bits per heavy atom. The van der Waals surface area contributed by atoms with Crippen molar-refractivity contribution in [2.75, 3.05) is 19.6 Å². The van der Waals surface area contributed by atoms with Crippen LogP contribution in [-0.2, 0) is 17.9 Å². The van der Waals surface area contributed by atoms with Crippen LogP contribution in [0.25, 0.3) is 0 Å². The van der Waals surface area contributed by atoms with E-state index in [1.165, 1.54) is 44.3 Å². The third-order valence-corrected chi connectivity index (χ3v) is 5.32. The number of hydrogen-bond donors (Lipinski definition) is 2. The first-order chi connectivity index (χ1) is 11.7. The van der Waals surface area contributed by atoms with Crippen molar-refractivity contribution in [3.8, 4) is 0 Å². The molecule has 1 aromatic rings. The molecular weight excluding hydrogens is 322 g/mol. The minimum Gasteiger partial charge on any atom is -0.351 e. The van der Waals surface area contributed by atoms with Gasteiger partial charge >= 0.3 is 0 Å². The van der Waals surface area contributed by atoms with Crippen LogP contribution in [0.2, 0.25) is 0 Å². The molecule has 1 amide bonds. The summed E-state index contributed by atoms with van der Waals surface area (Å²) in [6.07, 6.45) is 6.10. The van der Waals surface area contributed by atoms with E-state index >= 15 is 0 Å². The summed E-state index contributed by atoms with van der Waals surface area (Å²) in [5.74, 6) is 0.0480. The fourth-order valence-electron chi connectivity index (χ4n) is 3.52. The quantitative estimate of drug-likeness (QED) is 0.803. The highest BCUT2D eigenvalue weighted by Gasteiger charge is 2.27. The highest BCUT2D eigenvalue weighted by Crippen LogP contribution is 2.15. The summed E-state index contributed by atoms with van der Waals surface area (Å²) in [4.78, 5) is 14.6. The molecule has 2 unspecified atom stereocenters. The zero-order valence-electron chi connectivity index (χ0n) is 14.3. The van der Waals surface area contributed by atoms with Crippen LogP contribution < -0.4 is 10.6 Å². The second-order valence-corrected chi connectivity index (χ2v) is 7.64. The SMILES string of the molecule is O=C(NCc1ccc(CN2CCCCCC2)cc1)C1CC(Cl)CN1. The van der Waals surface area contributed by atoms with Gasteiger partial charge in [-0.1, -0.05) is 37.1 Å². The van der Waals surface area contributed by atoms with Crippen molar-refractivity contribution in [3.63, 3.8) is 0 Å². The Morgan fingerprint density at radius 2 is 1.79 bits per heavy atom. The first-order valence-electron chi connectivity index (χ1n) is 9.16. The third-order valence-electron chi connectivity index (χ3n) is 4.99. The van der Waals surface area contributed by atoms with Crippen molar-refractivity contribution >= 4 is 17.5 Å². The Hall–Kier alpha value is -1.10. The van der Waals surface area contributed by atoms with Crippen molar-refractivity contribution in [2.45, 2.75) is 56.6 Å². The Bertz CT molecular complexity index is 526. The van der Waals surface area contributed by atoms with Crippen molar-refractivity contribution in [3.05, 3.63) is 35.4 Å². The molecule has 2 heterocycles. The predicted octanol–water partition coefficient (Wildman–Crippen LogP) is 2.65. The number of benzene rings is 1. The Balaban J connectivity index is 1.45. The van der Waals surface area contributed by atoms with E-state index in [1.807, 2.05) is 0 Å². The Morgan fingerprint density at radius 1 is 1.12 bits per heavy atom. The van der Waals surface area contributed by atoms with E-state index in [-0.39, 0.29) is 17.3 Å². The van der Waals surface area contributed by atoms with Gasteiger partial charge < -0.3 is 10.6 Å². The fraction of sp³-hybridized carbons (Fsp3) is 0.632. The topological polar surface area (TPSA) is 44.4 Å². The molecule has 2 atom stereocenters. The van der Waals surface area contributed by atoms with Crippen molar-refractivity contribution in [1.29, 1.82) is 0 Å². The largest absolute Gasteiger partial charge is 0.351 e. The maximum absolute atomic E-state index is 12.1. The molecule has 2 aliphatic heterocycles. The number of hydrogen-bond acceptors (Lipinski definition) is 3. The predicted molar refractivity (Wildman–Crippen MR) is 98.1 cm³/mol. The van der Waals surface area contributed by atoms with E-state index in [4.69, 9.17) is 11.6 Å². The molecule has 2 N–H and O–H groups in total. The summed E-state index contributed by atoms with van der Waals surface area (Å²) in [7, 11) is 0. The van der Waals surface area contributed by atoms with Gasteiger partial charge in [-0.15, -0.1) is 11.6 Å². The van der Waals surface area contributed by atoms with Crippen molar-refractivity contribution in [1.82, 2.24) is 15.5 Å². The van der Waals surface area contributed by atoms with Gasteiger partial charge in [-0.3, -0.25) is 9.69 Å². The standard InChI is InChI=1S/C19H28ClN3O/c20-17-11-18(21-13-17)19(24)22-12-15-5-7-16(8-6-15)14-23-9-3-1-2-4-10-23/h5-8,17-18,21H,1-4,9-14H2,(H,22,24). The van der Waals surface area contributed by atoms with Crippen LogP contribution in [-0.4, -0.2) is 41.9 Å². The number of carbonyl (C=O) groups is 1. The van der Waals surface area contributed by atoms with Crippen LogP contribution in [0, 0.1) is 0 Å². The van der Waals surface area contributed by atoms with Gasteiger partial charge in [0.05, 0.1) is 6.04 Å². The first-order valence-corrected chi connectivity index (χ1v) is 9.60. The molecule has 0 saturated carbocycles. The number of nitrogens with zero attached hydrogens (tertiary/aromatic N) is 1. The van der Waals surface area contributed by atoms with Crippen LogP contribution in [0.5, 0.6) is 0 Å². The average Bonchev–Trinajstić information content (AvgIpc) is 2.87. The summed E-state index contributed by atoms with van der Waals surface area (Å²) >= 11 is 6.03. The number of carbonyl (C=O) groups excluding carboxylic acids is 1. The molecule has 0 spiro atoms. The van der Waals surface area contributed by atoms with E-state index in [1.54, 1.807) is 0 Å². The lowest BCUT2D eigenvalue weighted by Crippen LogP contribution is -2.39. The second kappa shape index (κ2) is 8.84. The van der Waals surface area contributed by atoms with Gasteiger partial charge in [0.15, 0.2) is 0 Å². The summed E-state index contributed by atoms with van der Waals surface area (Å²) in [6, 6.07) is 8.48.